The van der Waals surface area contributed by atoms with Gasteiger partial charge < -0.3 is 9.84 Å². The molecule has 1 aliphatic rings. The zero-order chi connectivity index (χ0) is 20.4. The second-order valence-corrected chi connectivity index (χ2v) is 8.16. The number of hydrogen-bond donors (Lipinski definition) is 2. The predicted octanol–water partition coefficient (Wildman–Crippen LogP) is 6.04. The van der Waals surface area contributed by atoms with Gasteiger partial charge in [-0.3, -0.25) is 10.3 Å². The van der Waals surface area contributed by atoms with E-state index in [4.69, 9.17) is 21.3 Å². The molecule has 0 spiro atoms. The summed E-state index contributed by atoms with van der Waals surface area (Å²) < 4.78 is 6.21. The van der Waals surface area contributed by atoms with Gasteiger partial charge in [-0.1, -0.05) is 48.0 Å². The van der Waals surface area contributed by atoms with Gasteiger partial charge in [0, 0.05) is 28.8 Å². The van der Waals surface area contributed by atoms with Gasteiger partial charge >= 0.3 is 0 Å². The van der Waals surface area contributed by atoms with Gasteiger partial charge in [-0.2, -0.15) is 0 Å². The Morgan fingerprint density at radius 1 is 1.10 bits per heavy atom. The van der Waals surface area contributed by atoms with Crippen LogP contribution in [0.15, 0.2) is 76.2 Å². The molecule has 148 valence electrons. The van der Waals surface area contributed by atoms with E-state index in [9.17, 15) is 5.11 Å². The molecule has 1 aliphatic heterocycles. The Hall–Kier alpha value is -2.34. The lowest BCUT2D eigenvalue weighted by molar-refractivity contribution is 0.406. The first-order valence-corrected chi connectivity index (χ1v) is 10.4. The molecule has 4 rings (SSSR count). The topological polar surface area (TPSA) is 53.9 Å². The molecule has 0 aromatic heterocycles. The van der Waals surface area contributed by atoms with Crippen LogP contribution in [-0.4, -0.2) is 17.9 Å². The highest BCUT2D eigenvalue weighted by Gasteiger charge is 2.28. The maximum Gasteiger partial charge on any atom is 0.133 e. The van der Waals surface area contributed by atoms with Crippen molar-refractivity contribution in [2.24, 2.45) is 4.99 Å². The summed E-state index contributed by atoms with van der Waals surface area (Å²) in [6, 6.07) is 20.9. The summed E-state index contributed by atoms with van der Waals surface area (Å²) >= 11 is 9.78. The Balaban J connectivity index is 1.77. The van der Waals surface area contributed by atoms with Gasteiger partial charge in [0.2, 0.25) is 0 Å². The predicted molar refractivity (Wildman–Crippen MR) is 120 cm³/mol. The lowest BCUT2D eigenvalue weighted by Crippen LogP contribution is -2.33. The van der Waals surface area contributed by atoms with Crippen LogP contribution in [-0.2, 0) is 0 Å². The number of methoxy groups -OCH3 is 1. The fraction of sp³-hybridized carbons (Fsp3) is 0.174. The summed E-state index contributed by atoms with van der Waals surface area (Å²) in [5, 5.41) is 14.6. The highest BCUT2D eigenvalue weighted by molar-refractivity contribution is 9.10. The number of ether oxygens (including phenoxy) is 1. The Labute approximate surface area is 183 Å². The van der Waals surface area contributed by atoms with Crippen LogP contribution in [0.2, 0.25) is 5.02 Å². The van der Waals surface area contributed by atoms with Crippen molar-refractivity contribution in [3.8, 4) is 11.5 Å². The molecule has 0 saturated heterocycles. The first kappa shape index (κ1) is 20.0. The first-order chi connectivity index (χ1) is 14.0. The SMILES string of the molecule is COc1ccc([C@@H]2N=C(c3cccc(Cl)c3)C[C@H](c3ccccc3O)N2)cc1Br. The average Bonchev–Trinajstić information content (AvgIpc) is 2.73. The van der Waals surface area contributed by atoms with Gasteiger partial charge in [0.1, 0.15) is 17.7 Å². The number of aliphatic imine (C=N–C) groups is 1. The van der Waals surface area contributed by atoms with Crippen LogP contribution in [0.25, 0.3) is 0 Å². The summed E-state index contributed by atoms with van der Waals surface area (Å²) in [7, 11) is 1.64. The number of phenols is 1. The third kappa shape index (κ3) is 4.32. The van der Waals surface area contributed by atoms with Crippen molar-refractivity contribution in [1.29, 1.82) is 0 Å². The average molecular weight is 472 g/mol. The number of para-hydroxylation sites is 1. The molecule has 0 fully saturated rings. The molecule has 3 aromatic carbocycles. The number of rotatable bonds is 4. The van der Waals surface area contributed by atoms with Crippen LogP contribution in [0.3, 0.4) is 0 Å². The maximum absolute atomic E-state index is 10.4. The van der Waals surface area contributed by atoms with Gasteiger partial charge in [0.05, 0.1) is 11.6 Å². The largest absolute Gasteiger partial charge is 0.508 e. The number of halogens is 2. The summed E-state index contributed by atoms with van der Waals surface area (Å²) in [5.41, 5.74) is 3.77. The summed E-state index contributed by atoms with van der Waals surface area (Å²) in [5.74, 6) is 1.04. The summed E-state index contributed by atoms with van der Waals surface area (Å²) in [6.07, 6.45) is 0.371. The molecule has 0 bridgehead atoms. The minimum atomic E-state index is -0.274. The van der Waals surface area contributed by atoms with E-state index < -0.39 is 0 Å². The monoisotopic (exact) mass is 470 g/mol. The van der Waals surface area contributed by atoms with Gasteiger partial charge in [0.15, 0.2) is 0 Å². The van der Waals surface area contributed by atoms with E-state index in [2.05, 4.69) is 21.2 Å². The molecule has 0 radical (unpaired) electrons. The van der Waals surface area contributed by atoms with Crippen LogP contribution in [0.1, 0.15) is 35.3 Å². The van der Waals surface area contributed by atoms with Crippen LogP contribution >= 0.6 is 27.5 Å². The number of nitrogens with one attached hydrogen (secondary N) is 1. The standard InChI is InChI=1S/C23H20BrClN2O2/c1-29-22-10-9-15(12-18(22)24)23-26-19(14-5-4-6-16(25)11-14)13-20(27-23)17-7-2-3-8-21(17)28/h2-12,20,23,27-28H,13H2,1H3/t20-,23-/m1/s1. The molecule has 4 nitrogen and oxygen atoms in total. The van der Waals surface area contributed by atoms with E-state index in [0.717, 1.165) is 32.6 Å². The molecule has 2 atom stereocenters. The molecular weight excluding hydrogens is 452 g/mol. The second kappa shape index (κ2) is 8.57. The van der Waals surface area contributed by atoms with E-state index in [1.807, 2.05) is 60.7 Å². The minimum Gasteiger partial charge on any atom is -0.508 e. The molecule has 6 heteroatoms. The van der Waals surface area contributed by atoms with Crippen molar-refractivity contribution >= 4 is 33.2 Å². The third-order valence-corrected chi connectivity index (χ3v) is 5.86. The van der Waals surface area contributed by atoms with Crippen LogP contribution in [0.4, 0.5) is 0 Å². The van der Waals surface area contributed by atoms with Crippen LogP contribution in [0, 0.1) is 0 Å². The van der Waals surface area contributed by atoms with Crippen LogP contribution in [0.5, 0.6) is 11.5 Å². The van der Waals surface area contributed by atoms with Gasteiger partial charge in [-0.15, -0.1) is 0 Å². The Kier molecular flexibility index (Phi) is 5.90. The summed E-state index contributed by atoms with van der Waals surface area (Å²) in [4.78, 5) is 4.97. The van der Waals surface area contributed by atoms with E-state index in [-0.39, 0.29) is 18.0 Å². The van der Waals surface area contributed by atoms with E-state index in [1.54, 1.807) is 13.2 Å². The molecule has 0 aliphatic carbocycles. The maximum atomic E-state index is 10.4. The number of phenolic OH excluding ortho intramolecular Hbond substituents is 1. The second-order valence-electron chi connectivity index (χ2n) is 6.86. The molecular formula is C23H20BrClN2O2. The van der Waals surface area contributed by atoms with Crippen molar-refractivity contribution in [2.45, 2.75) is 18.6 Å². The highest BCUT2D eigenvalue weighted by Crippen LogP contribution is 2.36. The molecule has 2 N–H and O–H groups in total. The van der Waals surface area contributed by atoms with Crippen molar-refractivity contribution in [1.82, 2.24) is 5.32 Å². The fourth-order valence-electron chi connectivity index (χ4n) is 3.55. The molecule has 1 heterocycles. The van der Waals surface area contributed by atoms with E-state index in [1.165, 1.54) is 0 Å². The van der Waals surface area contributed by atoms with Gasteiger partial charge in [0.25, 0.3) is 0 Å². The number of nitrogens with zero attached hydrogens (tertiary/aromatic N) is 1. The Morgan fingerprint density at radius 3 is 2.66 bits per heavy atom. The molecule has 0 amide bonds. The van der Waals surface area contributed by atoms with Gasteiger partial charge in [-0.25, -0.2) is 0 Å². The quantitative estimate of drug-likeness (QED) is 0.488. The number of benzene rings is 3. The zero-order valence-electron chi connectivity index (χ0n) is 15.8. The van der Waals surface area contributed by atoms with E-state index in [0.29, 0.717) is 11.4 Å². The lowest BCUT2D eigenvalue weighted by atomic mass is 9.93. The third-order valence-electron chi connectivity index (χ3n) is 5.00. The van der Waals surface area contributed by atoms with Crippen molar-refractivity contribution in [2.75, 3.05) is 7.11 Å². The Bertz CT molecular complexity index is 1070. The molecule has 0 unspecified atom stereocenters. The number of hydrogen-bond acceptors (Lipinski definition) is 4. The lowest BCUT2D eigenvalue weighted by Gasteiger charge is -2.31. The van der Waals surface area contributed by atoms with Gasteiger partial charge in [-0.05, 0) is 57.4 Å². The first-order valence-electron chi connectivity index (χ1n) is 9.25. The normalized spacial score (nSPS) is 18.9. The minimum absolute atomic E-state index is 0.0893. The highest BCUT2D eigenvalue weighted by atomic mass is 79.9. The van der Waals surface area contributed by atoms with Crippen molar-refractivity contribution in [3.05, 3.63) is 92.9 Å². The number of aromatic hydroxyl groups is 1. The Morgan fingerprint density at radius 2 is 1.93 bits per heavy atom. The smallest absolute Gasteiger partial charge is 0.133 e. The van der Waals surface area contributed by atoms with Crippen molar-refractivity contribution in [3.63, 3.8) is 0 Å². The van der Waals surface area contributed by atoms with Crippen molar-refractivity contribution < 1.29 is 9.84 Å². The molecule has 3 aromatic rings. The zero-order valence-corrected chi connectivity index (χ0v) is 18.1. The van der Waals surface area contributed by atoms with E-state index >= 15 is 0 Å². The summed E-state index contributed by atoms with van der Waals surface area (Å²) in [6.45, 7) is 0. The molecule has 29 heavy (non-hydrogen) atoms. The molecule has 0 saturated carbocycles. The fourth-order valence-corrected chi connectivity index (χ4v) is 4.30. The van der Waals surface area contributed by atoms with Crippen LogP contribution < -0.4 is 10.1 Å².